The highest BCUT2D eigenvalue weighted by Crippen LogP contribution is 2.19. The van der Waals surface area contributed by atoms with E-state index in [9.17, 15) is 9.18 Å². The van der Waals surface area contributed by atoms with Gasteiger partial charge in [0.25, 0.3) is 0 Å². The van der Waals surface area contributed by atoms with Crippen molar-refractivity contribution in [2.24, 2.45) is 0 Å². The van der Waals surface area contributed by atoms with Crippen LogP contribution in [0.5, 0.6) is 0 Å². The number of nitrogens with zero attached hydrogens (tertiary/aromatic N) is 3. The molecule has 1 aliphatic heterocycles. The average Bonchev–Trinajstić information content (AvgIpc) is 3.15. The fourth-order valence-electron chi connectivity index (χ4n) is 2.58. The third-order valence-corrected chi connectivity index (χ3v) is 4.67. The first kappa shape index (κ1) is 15.9. The van der Waals surface area contributed by atoms with Gasteiger partial charge in [-0.2, -0.15) is 0 Å². The Bertz CT molecular complexity index is 658. The van der Waals surface area contributed by atoms with E-state index < -0.39 is 0 Å². The van der Waals surface area contributed by atoms with Gasteiger partial charge in [-0.3, -0.25) is 4.79 Å². The molecule has 0 bridgehead atoms. The smallest absolute Gasteiger partial charge is 0.222 e. The Kier molecular flexibility index (Phi) is 5.17. The van der Waals surface area contributed by atoms with Crippen molar-refractivity contribution in [3.05, 3.63) is 40.7 Å². The van der Waals surface area contributed by atoms with Gasteiger partial charge >= 0.3 is 0 Å². The monoisotopic (exact) mass is 334 g/mol. The maximum Gasteiger partial charge on any atom is 0.222 e. The second-order valence-corrected chi connectivity index (χ2v) is 6.63. The number of amides is 1. The van der Waals surface area contributed by atoms with E-state index in [1.54, 1.807) is 12.1 Å². The van der Waals surface area contributed by atoms with Crippen molar-refractivity contribution in [3.8, 4) is 0 Å². The maximum atomic E-state index is 12.9. The van der Waals surface area contributed by atoms with E-state index in [2.05, 4.69) is 15.5 Å². The van der Waals surface area contributed by atoms with Crippen LogP contribution in [-0.4, -0.2) is 40.6 Å². The Labute approximate surface area is 138 Å². The molecule has 0 aliphatic carbocycles. The quantitative estimate of drug-likeness (QED) is 0.791. The molecule has 2 heterocycles. The fraction of sp³-hybridized carbons (Fsp3) is 0.438. The lowest BCUT2D eigenvalue weighted by atomic mass is 10.2. The molecule has 0 spiro atoms. The molecule has 23 heavy (non-hydrogen) atoms. The van der Waals surface area contributed by atoms with Crippen LogP contribution in [0.3, 0.4) is 0 Å². The van der Waals surface area contributed by atoms with E-state index in [1.165, 1.54) is 23.5 Å². The molecule has 0 atom stereocenters. The first-order chi connectivity index (χ1) is 11.2. The summed E-state index contributed by atoms with van der Waals surface area (Å²) >= 11 is 1.51. The molecule has 0 unspecified atom stereocenters. The lowest BCUT2D eigenvalue weighted by molar-refractivity contribution is -0.127. The van der Waals surface area contributed by atoms with Crippen LogP contribution >= 0.6 is 11.3 Å². The van der Waals surface area contributed by atoms with Crippen molar-refractivity contribution in [3.63, 3.8) is 0 Å². The minimum absolute atomic E-state index is 0.232. The highest BCUT2D eigenvalue weighted by atomic mass is 32.1. The first-order valence-corrected chi connectivity index (χ1v) is 8.61. The third kappa shape index (κ3) is 4.48. The summed E-state index contributed by atoms with van der Waals surface area (Å²) < 4.78 is 12.9. The summed E-state index contributed by atoms with van der Waals surface area (Å²) in [6.07, 6.45) is 3.23. The molecule has 0 saturated carbocycles. The van der Waals surface area contributed by atoms with Gasteiger partial charge < -0.3 is 10.2 Å². The summed E-state index contributed by atoms with van der Waals surface area (Å²) in [4.78, 5) is 13.4. The van der Waals surface area contributed by atoms with Crippen molar-refractivity contribution < 1.29 is 9.18 Å². The second kappa shape index (κ2) is 7.50. The summed E-state index contributed by atoms with van der Waals surface area (Å²) in [6.45, 7) is 2.46. The number of aromatic nitrogens is 2. The van der Waals surface area contributed by atoms with Crippen LogP contribution in [0.1, 0.15) is 29.8 Å². The van der Waals surface area contributed by atoms with E-state index in [1.807, 2.05) is 4.90 Å². The predicted molar refractivity (Wildman–Crippen MR) is 88.0 cm³/mol. The summed E-state index contributed by atoms with van der Waals surface area (Å²) in [5.74, 6) is 0.0346. The van der Waals surface area contributed by atoms with E-state index in [0.717, 1.165) is 48.2 Å². The van der Waals surface area contributed by atoms with Gasteiger partial charge in [0, 0.05) is 32.5 Å². The molecule has 122 valence electrons. The number of hydrogen-bond acceptors (Lipinski definition) is 5. The molecule has 7 heteroatoms. The van der Waals surface area contributed by atoms with Gasteiger partial charge in [0.1, 0.15) is 10.8 Å². The number of anilines is 1. The summed E-state index contributed by atoms with van der Waals surface area (Å²) in [7, 11) is 0. The summed E-state index contributed by atoms with van der Waals surface area (Å²) in [6, 6.07) is 6.43. The number of halogens is 1. The van der Waals surface area contributed by atoms with Crippen molar-refractivity contribution in [1.29, 1.82) is 0 Å². The Morgan fingerprint density at radius 3 is 2.83 bits per heavy atom. The average molecular weight is 334 g/mol. The minimum atomic E-state index is -0.232. The van der Waals surface area contributed by atoms with Gasteiger partial charge in [-0.25, -0.2) is 4.39 Å². The van der Waals surface area contributed by atoms with Gasteiger partial charge in [0.05, 0.1) is 0 Å². The SMILES string of the molecule is O=C1CCCN1CCCNc1nnc(Cc2ccc(F)cc2)s1. The van der Waals surface area contributed by atoms with Gasteiger partial charge in [0.2, 0.25) is 11.0 Å². The molecular formula is C16H19FN4OS. The Balaban J connectivity index is 1.42. The zero-order chi connectivity index (χ0) is 16.1. The van der Waals surface area contributed by atoms with Gasteiger partial charge in [-0.15, -0.1) is 10.2 Å². The fourth-order valence-corrected chi connectivity index (χ4v) is 3.38. The summed E-state index contributed by atoms with van der Waals surface area (Å²) in [5, 5.41) is 13.2. The Morgan fingerprint density at radius 2 is 2.09 bits per heavy atom. The van der Waals surface area contributed by atoms with Gasteiger partial charge in [-0.05, 0) is 30.5 Å². The van der Waals surface area contributed by atoms with Crippen molar-refractivity contribution in [2.75, 3.05) is 25.0 Å². The number of carbonyl (C=O) groups excluding carboxylic acids is 1. The highest BCUT2D eigenvalue weighted by molar-refractivity contribution is 7.15. The van der Waals surface area contributed by atoms with Crippen molar-refractivity contribution in [1.82, 2.24) is 15.1 Å². The molecule has 1 fully saturated rings. The number of rotatable bonds is 7. The molecule has 1 N–H and O–H groups in total. The van der Waals surface area contributed by atoms with Crippen LogP contribution < -0.4 is 5.32 Å². The third-order valence-electron chi connectivity index (χ3n) is 3.79. The van der Waals surface area contributed by atoms with Crippen LogP contribution in [0.4, 0.5) is 9.52 Å². The van der Waals surface area contributed by atoms with E-state index in [4.69, 9.17) is 0 Å². The molecule has 5 nitrogen and oxygen atoms in total. The lowest BCUT2D eigenvalue weighted by Crippen LogP contribution is -2.26. The highest BCUT2D eigenvalue weighted by Gasteiger charge is 2.18. The predicted octanol–water partition coefficient (Wildman–Crippen LogP) is 2.69. The molecule has 1 aromatic carbocycles. The topological polar surface area (TPSA) is 58.1 Å². The van der Waals surface area contributed by atoms with Crippen molar-refractivity contribution in [2.45, 2.75) is 25.7 Å². The Hall–Kier alpha value is -2.02. The van der Waals surface area contributed by atoms with Crippen LogP contribution in [0.2, 0.25) is 0 Å². The molecule has 1 amide bonds. The molecule has 1 saturated heterocycles. The van der Waals surface area contributed by atoms with Crippen LogP contribution in [0.15, 0.2) is 24.3 Å². The molecule has 0 radical (unpaired) electrons. The molecular weight excluding hydrogens is 315 g/mol. The molecule has 1 aromatic heterocycles. The number of carbonyl (C=O) groups is 1. The standard InChI is InChI=1S/C16H19FN4OS/c17-13-6-4-12(5-7-13)11-14-19-20-16(23-14)18-8-2-10-21-9-1-3-15(21)22/h4-7H,1-3,8-11H2,(H,18,20). The Morgan fingerprint density at radius 1 is 1.26 bits per heavy atom. The van der Waals surface area contributed by atoms with E-state index in [0.29, 0.717) is 12.8 Å². The number of nitrogens with one attached hydrogen (secondary N) is 1. The van der Waals surface area contributed by atoms with Crippen LogP contribution in [0.25, 0.3) is 0 Å². The van der Waals surface area contributed by atoms with Crippen LogP contribution in [0, 0.1) is 5.82 Å². The molecule has 2 aromatic rings. The largest absolute Gasteiger partial charge is 0.360 e. The number of likely N-dealkylation sites (tertiary alicyclic amines) is 1. The number of hydrogen-bond donors (Lipinski definition) is 1. The van der Waals surface area contributed by atoms with Gasteiger partial charge in [-0.1, -0.05) is 23.5 Å². The zero-order valence-corrected chi connectivity index (χ0v) is 13.6. The first-order valence-electron chi connectivity index (χ1n) is 7.79. The van der Waals surface area contributed by atoms with Crippen molar-refractivity contribution >= 4 is 22.4 Å². The van der Waals surface area contributed by atoms with E-state index >= 15 is 0 Å². The van der Waals surface area contributed by atoms with E-state index in [-0.39, 0.29) is 11.7 Å². The minimum Gasteiger partial charge on any atom is -0.360 e. The summed E-state index contributed by atoms with van der Waals surface area (Å²) in [5.41, 5.74) is 1.02. The van der Waals surface area contributed by atoms with Gasteiger partial charge in [0.15, 0.2) is 0 Å². The maximum absolute atomic E-state index is 12.9. The van der Waals surface area contributed by atoms with Crippen LogP contribution in [-0.2, 0) is 11.2 Å². The second-order valence-electron chi connectivity index (χ2n) is 5.57. The zero-order valence-electron chi connectivity index (χ0n) is 12.8. The number of benzene rings is 1. The lowest BCUT2D eigenvalue weighted by Gasteiger charge is -2.14. The molecule has 1 aliphatic rings. The molecule has 3 rings (SSSR count). The normalized spacial score (nSPS) is 14.5.